The standard InChI is InChI=1S/C23H23N7O2/c1-27-23(32)29(18-10-4-2-5-11-18)21(26-27)17-9-8-14-28(16-17)22(31)20-15-24-30(25-20)19-12-6-3-7-13-19/h2-7,10-13,15,17H,8-9,14,16H2,1H3. The van der Waals surface area contributed by atoms with Crippen molar-refractivity contribution < 1.29 is 4.79 Å². The van der Waals surface area contributed by atoms with Gasteiger partial charge in [-0.25, -0.2) is 14.0 Å². The molecule has 1 aliphatic rings. The summed E-state index contributed by atoms with van der Waals surface area (Å²) in [6.07, 6.45) is 3.17. The molecule has 0 aliphatic carbocycles. The molecule has 5 rings (SSSR count). The Labute approximate surface area is 184 Å². The van der Waals surface area contributed by atoms with Crippen molar-refractivity contribution >= 4 is 5.91 Å². The number of carbonyl (C=O) groups is 1. The van der Waals surface area contributed by atoms with Crippen molar-refractivity contribution in [1.29, 1.82) is 0 Å². The van der Waals surface area contributed by atoms with Crippen molar-refractivity contribution in [3.63, 3.8) is 0 Å². The lowest BCUT2D eigenvalue weighted by Crippen LogP contribution is -2.40. The summed E-state index contributed by atoms with van der Waals surface area (Å²) in [7, 11) is 1.65. The van der Waals surface area contributed by atoms with E-state index in [0.29, 0.717) is 24.6 Å². The Balaban J connectivity index is 1.40. The fourth-order valence-electron chi connectivity index (χ4n) is 4.15. The number of carbonyl (C=O) groups excluding carboxylic acids is 1. The van der Waals surface area contributed by atoms with E-state index in [1.807, 2.05) is 60.7 Å². The van der Waals surface area contributed by atoms with Gasteiger partial charge in [0.1, 0.15) is 5.82 Å². The fraction of sp³-hybridized carbons (Fsp3) is 0.261. The van der Waals surface area contributed by atoms with Crippen LogP contribution in [0.3, 0.4) is 0 Å². The summed E-state index contributed by atoms with van der Waals surface area (Å²) in [6.45, 7) is 1.11. The predicted octanol–water partition coefficient (Wildman–Crippen LogP) is 2.17. The molecular formula is C23H23N7O2. The van der Waals surface area contributed by atoms with E-state index in [-0.39, 0.29) is 17.5 Å². The number of hydrogen-bond donors (Lipinski definition) is 0. The van der Waals surface area contributed by atoms with E-state index in [1.54, 1.807) is 16.5 Å². The first-order valence-corrected chi connectivity index (χ1v) is 10.6. The summed E-state index contributed by atoms with van der Waals surface area (Å²) in [6, 6.07) is 19.0. The quantitative estimate of drug-likeness (QED) is 0.496. The molecule has 2 aromatic heterocycles. The van der Waals surface area contributed by atoms with Crippen molar-refractivity contribution in [2.45, 2.75) is 18.8 Å². The number of para-hydroxylation sites is 2. The Morgan fingerprint density at radius 1 is 0.969 bits per heavy atom. The molecule has 1 unspecified atom stereocenters. The Morgan fingerprint density at radius 3 is 2.38 bits per heavy atom. The number of aryl methyl sites for hydroxylation is 1. The van der Waals surface area contributed by atoms with Crippen molar-refractivity contribution in [2.24, 2.45) is 7.05 Å². The van der Waals surface area contributed by atoms with E-state index < -0.39 is 0 Å². The SMILES string of the molecule is Cn1nc(C2CCCN(C(=O)c3cnn(-c4ccccc4)n3)C2)n(-c2ccccc2)c1=O. The van der Waals surface area contributed by atoms with Gasteiger partial charge in [0.15, 0.2) is 5.69 Å². The van der Waals surface area contributed by atoms with Crippen LogP contribution in [0.4, 0.5) is 0 Å². The van der Waals surface area contributed by atoms with Gasteiger partial charge in [-0.15, -0.1) is 5.10 Å². The third-order valence-electron chi connectivity index (χ3n) is 5.74. The zero-order valence-electron chi connectivity index (χ0n) is 17.7. The molecule has 9 heteroatoms. The number of hydrogen-bond acceptors (Lipinski definition) is 5. The lowest BCUT2D eigenvalue weighted by Gasteiger charge is -2.31. The summed E-state index contributed by atoms with van der Waals surface area (Å²) < 4.78 is 3.00. The van der Waals surface area contributed by atoms with E-state index in [9.17, 15) is 9.59 Å². The number of nitrogens with zero attached hydrogens (tertiary/aromatic N) is 7. The molecule has 1 aliphatic heterocycles. The van der Waals surface area contributed by atoms with Crippen molar-refractivity contribution in [3.05, 3.63) is 88.9 Å². The van der Waals surface area contributed by atoms with Gasteiger partial charge >= 0.3 is 5.69 Å². The topological polar surface area (TPSA) is 90.8 Å². The predicted molar refractivity (Wildman–Crippen MR) is 118 cm³/mol. The number of rotatable bonds is 4. The zero-order valence-corrected chi connectivity index (χ0v) is 17.7. The van der Waals surface area contributed by atoms with Crippen molar-refractivity contribution in [1.82, 2.24) is 34.2 Å². The molecule has 3 heterocycles. The lowest BCUT2D eigenvalue weighted by atomic mass is 9.96. The average molecular weight is 429 g/mol. The highest BCUT2D eigenvalue weighted by Gasteiger charge is 2.31. The highest BCUT2D eigenvalue weighted by atomic mass is 16.2. The summed E-state index contributed by atoms with van der Waals surface area (Å²) >= 11 is 0. The molecule has 32 heavy (non-hydrogen) atoms. The zero-order chi connectivity index (χ0) is 22.1. The van der Waals surface area contributed by atoms with E-state index >= 15 is 0 Å². The number of amides is 1. The first-order chi connectivity index (χ1) is 15.6. The van der Waals surface area contributed by atoms with Gasteiger partial charge in [0.05, 0.1) is 17.6 Å². The number of likely N-dealkylation sites (tertiary alicyclic amines) is 1. The third kappa shape index (κ3) is 3.62. The first-order valence-electron chi connectivity index (χ1n) is 10.6. The Hall–Kier alpha value is -4.01. The minimum Gasteiger partial charge on any atom is -0.336 e. The van der Waals surface area contributed by atoms with Crippen LogP contribution in [0.1, 0.15) is 35.1 Å². The van der Waals surface area contributed by atoms with Crippen LogP contribution in [0.25, 0.3) is 11.4 Å². The van der Waals surface area contributed by atoms with E-state index in [1.165, 1.54) is 15.7 Å². The van der Waals surface area contributed by atoms with Gasteiger partial charge in [0, 0.05) is 26.1 Å². The number of aromatic nitrogens is 6. The van der Waals surface area contributed by atoms with Crippen LogP contribution in [-0.4, -0.2) is 53.2 Å². The maximum atomic E-state index is 13.2. The van der Waals surface area contributed by atoms with Gasteiger partial charge in [0.25, 0.3) is 5.91 Å². The molecule has 1 amide bonds. The fourth-order valence-corrected chi connectivity index (χ4v) is 4.15. The van der Waals surface area contributed by atoms with Crippen LogP contribution in [0.5, 0.6) is 0 Å². The molecule has 162 valence electrons. The van der Waals surface area contributed by atoms with Crippen LogP contribution in [0.2, 0.25) is 0 Å². The summed E-state index contributed by atoms with van der Waals surface area (Å²) in [4.78, 5) is 29.2. The number of piperidine rings is 1. The second-order valence-corrected chi connectivity index (χ2v) is 7.88. The summed E-state index contributed by atoms with van der Waals surface area (Å²) in [5.74, 6) is 0.460. The first kappa shape index (κ1) is 19.9. The van der Waals surface area contributed by atoms with Gasteiger partial charge in [0.2, 0.25) is 0 Å². The molecule has 2 aromatic carbocycles. The summed E-state index contributed by atoms with van der Waals surface area (Å²) in [5.41, 5.74) is 1.68. The van der Waals surface area contributed by atoms with Crippen molar-refractivity contribution in [3.8, 4) is 11.4 Å². The molecule has 0 N–H and O–H groups in total. The van der Waals surface area contributed by atoms with Crippen LogP contribution < -0.4 is 5.69 Å². The molecule has 0 bridgehead atoms. The van der Waals surface area contributed by atoms with Gasteiger partial charge in [-0.05, 0) is 37.1 Å². The van der Waals surface area contributed by atoms with Crippen LogP contribution in [0, 0.1) is 0 Å². The monoisotopic (exact) mass is 429 g/mol. The second-order valence-electron chi connectivity index (χ2n) is 7.88. The molecule has 4 aromatic rings. The van der Waals surface area contributed by atoms with Gasteiger partial charge in [-0.1, -0.05) is 36.4 Å². The van der Waals surface area contributed by atoms with E-state index in [0.717, 1.165) is 24.2 Å². The van der Waals surface area contributed by atoms with E-state index in [4.69, 9.17) is 0 Å². The largest absolute Gasteiger partial charge is 0.350 e. The number of benzene rings is 2. The molecule has 1 saturated heterocycles. The van der Waals surface area contributed by atoms with Crippen LogP contribution >= 0.6 is 0 Å². The minimum atomic E-state index is -0.194. The van der Waals surface area contributed by atoms with Crippen LogP contribution in [0.15, 0.2) is 71.7 Å². The molecule has 0 saturated carbocycles. The van der Waals surface area contributed by atoms with Gasteiger partial charge in [-0.3, -0.25) is 4.79 Å². The molecule has 0 spiro atoms. The highest BCUT2D eigenvalue weighted by Crippen LogP contribution is 2.27. The maximum absolute atomic E-state index is 13.2. The maximum Gasteiger partial charge on any atom is 0.350 e. The Bertz CT molecular complexity index is 1290. The van der Waals surface area contributed by atoms with E-state index in [2.05, 4.69) is 15.3 Å². The minimum absolute atomic E-state index is 0.0500. The highest BCUT2D eigenvalue weighted by molar-refractivity contribution is 5.92. The van der Waals surface area contributed by atoms with Gasteiger partial charge < -0.3 is 4.90 Å². The summed E-state index contributed by atoms with van der Waals surface area (Å²) in [5, 5.41) is 13.1. The van der Waals surface area contributed by atoms with Gasteiger partial charge in [-0.2, -0.15) is 15.0 Å². The average Bonchev–Trinajstić information content (AvgIpc) is 3.45. The Kier molecular flexibility index (Phi) is 5.14. The molecule has 9 nitrogen and oxygen atoms in total. The molecule has 1 atom stereocenters. The smallest absolute Gasteiger partial charge is 0.336 e. The molecule has 1 fully saturated rings. The lowest BCUT2D eigenvalue weighted by molar-refractivity contribution is 0.0697. The van der Waals surface area contributed by atoms with Crippen LogP contribution in [-0.2, 0) is 7.05 Å². The Morgan fingerprint density at radius 2 is 1.66 bits per heavy atom. The second kappa shape index (κ2) is 8.26. The normalized spacial score (nSPS) is 16.3. The molecule has 0 radical (unpaired) electrons. The third-order valence-corrected chi connectivity index (χ3v) is 5.74. The van der Waals surface area contributed by atoms with Crippen molar-refractivity contribution in [2.75, 3.05) is 13.1 Å². The molecular weight excluding hydrogens is 406 g/mol.